The molecule has 3 heteroatoms. The van der Waals surface area contributed by atoms with Gasteiger partial charge in [0.15, 0.2) is 0 Å². The Kier molecular flexibility index (Phi) is 13.1. The van der Waals surface area contributed by atoms with Gasteiger partial charge in [0.05, 0.1) is 0 Å². The average Bonchev–Trinajstić information content (AvgIpc) is 2.18. The van der Waals surface area contributed by atoms with Crippen LogP contribution < -0.4 is 5.73 Å². The lowest BCUT2D eigenvalue weighted by Crippen LogP contribution is -2.19. The molecule has 0 radical (unpaired) electrons. The van der Waals surface area contributed by atoms with Gasteiger partial charge < -0.3 is 10.6 Å². The minimum Gasteiger partial charge on any atom is -0.348 e. The first kappa shape index (κ1) is 14.9. The van der Waals surface area contributed by atoms with Crippen LogP contribution in [0.5, 0.6) is 0 Å². The molecule has 0 aromatic heterocycles. The van der Waals surface area contributed by atoms with E-state index in [-0.39, 0.29) is 0 Å². The first-order chi connectivity index (χ1) is 6.20. The quantitative estimate of drug-likeness (QED) is 0.642. The molecular weight excluding hydrogens is 164 g/mol. The van der Waals surface area contributed by atoms with Crippen molar-refractivity contribution in [2.45, 2.75) is 33.6 Å². The summed E-state index contributed by atoms with van der Waals surface area (Å²) in [5.41, 5.74) is 5.39. The van der Waals surface area contributed by atoms with Crippen molar-refractivity contribution in [2.75, 3.05) is 20.1 Å². The highest BCUT2D eigenvalue weighted by Gasteiger charge is 2.01. The van der Waals surface area contributed by atoms with E-state index in [0.717, 1.165) is 32.3 Å². The molecule has 0 rings (SSSR count). The largest absolute Gasteiger partial charge is 0.348 e. The Balaban J connectivity index is 0. The third-order valence-corrected chi connectivity index (χ3v) is 1.81. The fraction of sp³-hybridized carbons (Fsp3) is 0.900. The van der Waals surface area contributed by atoms with Crippen LogP contribution in [0.2, 0.25) is 0 Å². The Morgan fingerprint density at radius 1 is 1.38 bits per heavy atom. The highest BCUT2D eigenvalue weighted by atomic mass is 16.1. The molecule has 0 aromatic rings. The van der Waals surface area contributed by atoms with Crippen LogP contribution in [0, 0.1) is 5.92 Å². The van der Waals surface area contributed by atoms with Crippen molar-refractivity contribution in [1.29, 1.82) is 0 Å². The van der Waals surface area contributed by atoms with Gasteiger partial charge in [0.1, 0.15) is 0 Å². The van der Waals surface area contributed by atoms with Gasteiger partial charge in [-0.15, -0.1) is 0 Å². The van der Waals surface area contributed by atoms with Crippen LogP contribution in [0.25, 0.3) is 0 Å². The second kappa shape index (κ2) is 11.4. The van der Waals surface area contributed by atoms with Crippen LogP contribution in [0.3, 0.4) is 0 Å². The van der Waals surface area contributed by atoms with E-state index in [1.54, 1.807) is 11.9 Å². The molecule has 0 heterocycles. The molecule has 3 nitrogen and oxygen atoms in total. The number of rotatable bonds is 6. The van der Waals surface area contributed by atoms with Gasteiger partial charge in [0.2, 0.25) is 6.41 Å². The summed E-state index contributed by atoms with van der Waals surface area (Å²) in [6.07, 6.45) is 2.95. The van der Waals surface area contributed by atoms with Crippen molar-refractivity contribution in [3.63, 3.8) is 0 Å². The minimum absolute atomic E-state index is 0.627. The molecule has 1 amide bonds. The zero-order valence-electron chi connectivity index (χ0n) is 9.42. The second-order valence-corrected chi connectivity index (χ2v) is 3.06. The molecule has 0 spiro atoms. The lowest BCUT2D eigenvalue weighted by atomic mass is 10.0. The molecule has 0 aliphatic carbocycles. The SMILES string of the molecule is CC.C[C@H](CCN)CCN(C)C=O. The number of hydrogen-bond acceptors (Lipinski definition) is 2. The van der Waals surface area contributed by atoms with E-state index in [0.29, 0.717) is 5.92 Å². The second-order valence-electron chi connectivity index (χ2n) is 3.06. The Bertz CT molecular complexity index is 107. The average molecular weight is 188 g/mol. The summed E-state index contributed by atoms with van der Waals surface area (Å²) in [6, 6.07) is 0. The van der Waals surface area contributed by atoms with E-state index in [1.807, 2.05) is 13.8 Å². The number of carbonyl (C=O) groups is 1. The zero-order chi connectivity index (χ0) is 10.7. The first-order valence-electron chi connectivity index (χ1n) is 5.06. The van der Waals surface area contributed by atoms with E-state index in [9.17, 15) is 4.79 Å². The van der Waals surface area contributed by atoms with Crippen molar-refractivity contribution in [3.8, 4) is 0 Å². The molecule has 1 atom stereocenters. The molecule has 0 saturated heterocycles. The topological polar surface area (TPSA) is 46.3 Å². The summed E-state index contributed by atoms with van der Waals surface area (Å²) < 4.78 is 0. The Morgan fingerprint density at radius 3 is 2.31 bits per heavy atom. The number of amides is 1. The summed E-state index contributed by atoms with van der Waals surface area (Å²) in [5, 5.41) is 0. The molecule has 0 fully saturated rings. The fourth-order valence-corrected chi connectivity index (χ4v) is 0.906. The summed E-state index contributed by atoms with van der Waals surface area (Å²) in [7, 11) is 1.79. The van der Waals surface area contributed by atoms with Gasteiger partial charge >= 0.3 is 0 Å². The molecule has 80 valence electrons. The van der Waals surface area contributed by atoms with Crippen LogP contribution >= 0.6 is 0 Å². The van der Waals surface area contributed by atoms with Crippen molar-refractivity contribution in [2.24, 2.45) is 11.7 Å². The lowest BCUT2D eigenvalue weighted by Gasteiger charge is -2.14. The van der Waals surface area contributed by atoms with Crippen LogP contribution in [-0.4, -0.2) is 31.4 Å². The first-order valence-corrected chi connectivity index (χ1v) is 5.06. The predicted molar refractivity (Wildman–Crippen MR) is 57.5 cm³/mol. The smallest absolute Gasteiger partial charge is 0.209 e. The lowest BCUT2D eigenvalue weighted by molar-refractivity contribution is -0.117. The summed E-state index contributed by atoms with van der Waals surface area (Å²) in [6.45, 7) is 7.74. The molecule has 0 aliphatic rings. The van der Waals surface area contributed by atoms with E-state index in [2.05, 4.69) is 6.92 Å². The molecule has 13 heavy (non-hydrogen) atoms. The molecule has 0 aliphatic heterocycles. The van der Waals surface area contributed by atoms with Crippen molar-refractivity contribution in [3.05, 3.63) is 0 Å². The summed E-state index contributed by atoms with van der Waals surface area (Å²) in [5.74, 6) is 0.627. The third-order valence-electron chi connectivity index (χ3n) is 1.81. The van der Waals surface area contributed by atoms with Crippen LogP contribution in [0.15, 0.2) is 0 Å². The van der Waals surface area contributed by atoms with Gasteiger partial charge in [-0.3, -0.25) is 4.79 Å². The molecule has 0 saturated carbocycles. The van der Waals surface area contributed by atoms with Crippen LogP contribution in [0.4, 0.5) is 0 Å². The van der Waals surface area contributed by atoms with Gasteiger partial charge in [-0.25, -0.2) is 0 Å². The minimum atomic E-state index is 0.627. The predicted octanol–water partition coefficient (Wildman–Crippen LogP) is 1.48. The summed E-state index contributed by atoms with van der Waals surface area (Å²) >= 11 is 0. The van der Waals surface area contributed by atoms with Gasteiger partial charge in [-0.1, -0.05) is 20.8 Å². The maximum atomic E-state index is 10.2. The van der Waals surface area contributed by atoms with E-state index >= 15 is 0 Å². The number of nitrogens with zero attached hydrogens (tertiary/aromatic N) is 1. The monoisotopic (exact) mass is 188 g/mol. The van der Waals surface area contributed by atoms with Crippen molar-refractivity contribution < 1.29 is 4.79 Å². The number of nitrogens with two attached hydrogens (primary N) is 1. The maximum absolute atomic E-state index is 10.2. The van der Waals surface area contributed by atoms with E-state index < -0.39 is 0 Å². The van der Waals surface area contributed by atoms with Crippen molar-refractivity contribution in [1.82, 2.24) is 4.90 Å². The molecule has 0 bridgehead atoms. The van der Waals surface area contributed by atoms with Gasteiger partial charge in [-0.2, -0.15) is 0 Å². The van der Waals surface area contributed by atoms with Crippen LogP contribution in [0.1, 0.15) is 33.6 Å². The van der Waals surface area contributed by atoms with Gasteiger partial charge in [0, 0.05) is 13.6 Å². The highest BCUT2D eigenvalue weighted by molar-refractivity contribution is 5.46. The molecule has 2 N–H and O–H groups in total. The normalized spacial score (nSPS) is 11.2. The Labute approximate surface area is 82.3 Å². The van der Waals surface area contributed by atoms with E-state index in [1.165, 1.54) is 0 Å². The van der Waals surface area contributed by atoms with Gasteiger partial charge in [-0.05, 0) is 25.3 Å². The Morgan fingerprint density at radius 2 is 1.92 bits per heavy atom. The molecule has 0 aromatic carbocycles. The van der Waals surface area contributed by atoms with E-state index in [4.69, 9.17) is 5.73 Å². The highest BCUT2D eigenvalue weighted by Crippen LogP contribution is 2.05. The number of hydrogen-bond donors (Lipinski definition) is 1. The van der Waals surface area contributed by atoms with Gasteiger partial charge in [0.25, 0.3) is 0 Å². The van der Waals surface area contributed by atoms with Crippen LogP contribution in [-0.2, 0) is 4.79 Å². The number of carbonyl (C=O) groups excluding carboxylic acids is 1. The molecular formula is C10H24N2O. The fourth-order valence-electron chi connectivity index (χ4n) is 0.906. The zero-order valence-corrected chi connectivity index (χ0v) is 9.42. The van der Waals surface area contributed by atoms with Crippen molar-refractivity contribution >= 4 is 6.41 Å². The molecule has 0 unspecified atom stereocenters. The standard InChI is InChI=1S/C8H18N2O.C2H6/c1-8(3-5-9)4-6-10(2)7-11;1-2/h7-8H,3-6,9H2,1-2H3;1-2H3/t8-;/m1./s1. The Hall–Kier alpha value is -0.570. The maximum Gasteiger partial charge on any atom is 0.209 e. The third kappa shape index (κ3) is 11.4. The summed E-state index contributed by atoms with van der Waals surface area (Å²) in [4.78, 5) is 11.8.